The quantitative estimate of drug-likeness (QED) is 0.613. The van der Waals surface area contributed by atoms with Gasteiger partial charge in [-0.15, -0.1) is 6.58 Å². The third-order valence-electron chi connectivity index (χ3n) is 2.43. The Kier molecular flexibility index (Phi) is 4.58. The highest BCUT2D eigenvalue weighted by atomic mass is 16.5. The van der Waals surface area contributed by atoms with Crippen LogP contribution in [0.2, 0.25) is 0 Å². The molecule has 1 atom stereocenters. The molecule has 3 heteroatoms. The number of hydrogen-bond acceptors (Lipinski definition) is 3. The van der Waals surface area contributed by atoms with E-state index in [1.807, 2.05) is 6.07 Å². The van der Waals surface area contributed by atoms with Crippen LogP contribution in [-0.2, 0) is 9.53 Å². The van der Waals surface area contributed by atoms with Gasteiger partial charge in [0.05, 0.1) is 13.5 Å². The Bertz CT molecular complexity index is 371. The van der Waals surface area contributed by atoms with Gasteiger partial charge in [0.25, 0.3) is 0 Å². The van der Waals surface area contributed by atoms with Crippen molar-refractivity contribution in [1.82, 2.24) is 0 Å². The third kappa shape index (κ3) is 3.42. The monoisotopic (exact) mass is 220 g/mol. The molecule has 3 nitrogen and oxygen atoms in total. The number of methoxy groups -OCH3 is 1. The summed E-state index contributed by atoms with van der Waals surface area (Å²) in [4.78, 5) is 11.2. The van der Waals surface area contributed by atoms with Crippen molar-refractivity contribution in [2.75, 3.05) is 7.11 Å². The maximum atomic E-state index is 11.2. The molecular formula is C13H16O3. The lowest BCUT2D eigenvalue weighted by Crippen LogP contribution is -2.08. The van der Waals surface area contributed by atoms with E-state index >= 15 is 0 Å². The summed E-state index contributed by atoms with van der Waals surface area (Å²) in [6.07, 6.45) is 2.74. The lowest BCUT2D eigenvalue weighted by molar-refractivity contribution is -0.141. The summed E-state index contributed by atoms with van der Waals surface area (Å²) >= 11 is 0. The average molecular weight is 220 g/mol. The minimum absolute atomic E-state index is 0.0112. The van der Waals surface area contributed by atoms with E-state index in [2.05, 4.69) is 11.3 Å². The van der Waals surface area contributed by atoms with E-state index in [-0.39, 0.29) is 17.6 Å². The Labute approximate surface area is 95.4 Å². The van der Waals surface area contributed by atoms with Gasteiger partial charge in [-0.05, 0) is 30.0 Å². The molecule has 86 valence electrons. The lowest BCUT2D eigenvalue weighted by Gasteiger charge is -2.14. The van der Waals surface area contributed by atoms with Gasteiger partial charge in [0.1, 0.15) is 5.75 Å². The summed E-state index contributed by atoms with van der Waals surface area (Å²) in [6, 6.07) is 6.92. The highest BCUT2D eigenvalue weighted by molar-refractivity contribution is 5.70. The fourth-order valence-corrected chi connectivity index (χ4v) is 1.60. The predicted octanol–water partition coefficient (Wildman–Crippen LogP) is 2.62. The molecule has 0 heterocycles. The van der Waals surface area contributed by atoms with Gasteiger partial charge >= 0.3 is 5.97 Å². The van der Waals surface area contributed by atoms with Gasteiger partial charge in [0, 0.05) is 0 Å². The first-order valence-corrected chi connectivity index (χ1v) is 5.14. The molecule has 0 radical (unpaired) electrons. The topological polar surface area (TPSA) is 46.5 Å². The normalized spacial score (nSPS) is 11.8. The standard InChI is InChI=1S/C13H16O3/c1-3-5-10(9-13(15)16-2)11-6-4-7-12(14)8-11/h3-4,6-8,10,14H,1,5,9H2,2H3/t10-/m0/s1. The number of rotatable bonds is 5. The van der Waals surface area contributed by atoms with E-state index in [0.717, 1.165) is 5.56 Å². The molecular weight excluding hydrogens is 204 g/mol. The van der Waals surface area contributed by atoms with Crippen LogP contribution in [0, 0.1) is 0 Å². The minimum atomic E-state index is -0.254. The van der Waals surface area contributed by atoms with Gasteiger partial charge in [-0.3, -0.25) is 4.79 Å². The van der Waals surface area contributed by atoms with Gasteiger partial charge in [-0.2, -0.15) is 0 Å². The Morgan fingerprint density at radius 3 is 2.94 bits per heavy atom. The Morgan fingerprint density at radius 2 is 2.38 bits per heavy atom. The Hall–Kier alpha value is -1.77. The Morgan fingerprint density at radius 1 is 1.62 bits per heavy atom. The van der Waals surface area contributed by atoms with Crippen LogP contribution in [0.1, 0.15) is 24.3 Å². The van der Waals surface area contributed by atoms with Crippen LogP contribution in [-0.4, -0.2) is 18.2 Å². The number of esters is 1. The summed E-state index contributed by atoms with van der Waals surface area (Å²) < 4.78 is 4.64. The summed E-state index contributed by atoms with van der Waals surface area (Å²) in [7, 11) is 1.37. The average Bonchev–Trinajstić information content (AvgIpc) is 2.28. The second-order valence-corrected chi connectivity index (χ2v) is 3.60. The zero-order valence-electron chi connectivity index (χ0n) is 9.35. The van der Waals surface area contributed by atoms with E-state index in [0.29, 0.717) is 12.8 Å². The number of benzene rings is 1. The maximum Gasteiger partial charge on any atom is 0.306 e. The summed E-state index contributed by atoms with van der Waals surface area (Å²) in [5, 5.41) is 9.38. The van der Waals surface area contributed by atoms with E-state index in [4.69, 9.17) is 0 Å². The molecule has 0 unspecified atom stereocenters. The van der Waals surface area contributed by atoms with Crippen LogP contribution < -0.4 is 0 Å². The SMILES string of the molecule is C=CC[C@@H](CC(=O)OC)c1cccc(O)c1. The highest BCUT2D eigenvalue weighted by Crippen LogP contribution is 2.26. The molecule has 16 heavy (non-hydrogen) atoms. The smallest absolute Gasteiger partial charge is 0.306 e. The number of allylic oxidation sites excluding steroid dienone is 1. The molecule has 0 aliphatic heterocycles. The zero-order chi connectivity index (χ0) is 12.0. The zero-order valence-corrected chi connectivity index (χ0v) is 9.35. The fraction of sp³-hybridized carbons (Fsp3) is 0.308. The minimum Gasteiger partial charge on any atom is -0.508 e. The van der Waals surface area contributed by atoms with Gasteiger partial charge in [0.2, 0.25) is 0 Å². The molecule has 0 saturated carbocycles. The molecule has 0 bridgehead atoms. The molecule has 1 N–H and O–H groups in total. The molecule has 0 amide bonds. The number of carbonyl (C=O) groups excluding carboxylic acids is 1. The summed E-state index contributed by atoms with van der Waals surface area (Å²) in [5.41, 5.74) is 0.922. The summed E-state index contributed by atoms with van der Waals surface area (Å²) in [5.74, 6) is -0.0383. The van der Waals surface area contributed by atoms with Crippen molar-refractivity contribution in [3.8, 4) is 5.75 Å². The van der Waals surface area contributed by atoms with Crippen LogP contribution in [0.15, 0.2) is 36.9 Å². The predicted molar refractivity (Wildman–Crippen MR) is 62.3 cm³/mol. The van der Waals surface area contributed by atoms with Gasteiger partial charge < -0.3 is 9.84 Å². The van der Waals surface area contributed by atoms with Crippen molar-refractivity contribution < 1.29 is 14.6 Å². The van der Waals surface area contributed by atoms with Crippen LogP contribution >= 0.6 is 0 Å². The van der Waals surface area contributed by atoms with E-state index in [9.17, 15) is 9.90 Å². The number of phenolic OH excluding ortho intramolecular Hbond substituents is 1. The number of ether oxygens (including phenoxy) is 1. The van der Waals surface area contributed by atoms with Gasteiger partial charge in [-0.25, -0.2) is 0 Å². The molecule has 0 aliphatic carbocycles. The number of carbonyl (C=O) groups is 1. The van der Waals surface area contributed by atoms with Crippen molar-refractivity contribution in [3.05, 3.63) is 42.5 Å². The number of aromatic hydroxyl groups is 1. The van der Waals surface area contributed by atoms with Crippen LogP contribution in [0.3, 0.4) is 0 Å². The first-order valence-electron chi connectivity index (χ1n) is 5.14. The number of hydrogen-bond donors (Lipinski definition) is 1. The molecule has 0 aliphatic rings. The van der Waals surface area contributed by atoms with Crippen molar-refractivity contribution in [2.45, 2.75) is 18.8 Å². The van der Waals surface area contributed by atoms with E-state index in [1.54, 1.807) is 24.3 Å². The van der Waals surface area contributed by atoms with Crippen molar-refractivity contribution in [1.29, 1.82) is 0 Å². The fourth-order valence-electron chi connectivity index (χ4n) is 1.60. The second-order valence-electron chi connectivity index (χ2n) is 3.60. The molecule has 0 fully saturated rings. The molecule has 1 aromatic carbocycles. The highest BCUT2D eigenvalue weighted by Gasteiger charge is 2.15. The summed E-state index contributed by atoms with van der Waals surface area (Å²) in [6.45, 7) is 3.67. The first-order chi connectivity index (χ1) is 7.67. The van der Waals surface area contributed by atoms with Gasteiger partial charge in [0.15, 0.2) is 0 Å². The van der Waals surface area contributed by atoms with Crippen LogP contribution in [0.25, 0.3) is 0 Å². The van der Waals surface area contributed by atoms with Crippen LogP contribution in [0.5, 0.6) is 5.75 Å². The van der Waals surface area contributed by atoms with Crippen molar-refractivity contribution >= 4 is 5.97 Å². The molecule has 1 rings (SSSR count). The van der Waals surface area contributed by atoms with E-state index < -0.39 is 0 Å². The molecule has 0 aromatic heterocycles. The second kappa shape index (κ2) is 5.95. The number of phenols is 1. The van der Waals surface area contributed by atoms with E-state index in [1.165, 1.54) is 7.11 Å². The third-order valence-corrected chi connectivity index (χ3v) is 2.43. The first kappa shape index (κ1) is 12.3. The van der Waals surface area contributed by atoms with Gasteiger partial charge in [-0.1, -0.05) is 18.2 Å². The molecule has 0 saturated heterocycles. The Balaban J connectivity index is 2.84. The molecule has 1 aromatic rings. The van der Waals surface area contributed by atoms with Crippen LogP contribution in [0.4, 0.5) is 0 Å². The lowest BCUT2D eigenvalue weighted by atomic mass is 9.92. The van der Waals surface area contributed by atoms with Crippen molar-refractivity contribution in [3.63, 3.8) is 0 Å². The maximum absolute atomic E-state index is 11.2. The molecule has 0 spiro atoms. The largest absolute Gasteiger partial charge is 0.508 e. The van der Waals surface area contributed by atoms with Crippen molar-refractivity contribution in [2.24, 2.45) is 0 Å².